The van der Waals surface area contributed by atoms with Crippen molar-refractivity contribution in [3.63, 3.8) is 0 Å². The molecule has 2 N–H and O–H groups in total. The standard InChI is InChI=1S/C25H35NO5S2/c1-16(2)19-14-21(17(3)4)23(22(15-19)18(5)6)33(29,30)26-12-13-32-25(24(27)28)31-20-10-8-7-9-11-20/h7-11,14-18,25-26H,12-13H2,1-6H3,(H,27,28). The lowest BCUT2D eigenvalue weighted by Crippen LogP contribution is -2.30. The molecule has 8 heteroatoms. The molecule has 182 valence electrons. The molecule has 2 aromatic carbocycles. The zero-order valence-electron chi connectivity index (χ0n) is 20.2. The monoisotopic (exact) mass is 493 g/mol. The molecule has 0 aliphatic rings. The second kappa shape index (κ2) is 11.9. The number of aliphatic carboxylic acids is 1. The average Bonchev–Trinajstić information content (AvgIpc) is 2.75. The third-order valence-electron chi connectivity index (χ3n) is 5.20. The third kappa shape index (κ3) is 7.48. The number of para-hydroxylation sites is 1. The highest BCUT2D eigenvalue weighted by Gasteiger charge is 2.27. The fraction of sp³-hybridized carbons (Fsp3) is 0.480. The molecule has 0 radical (unpaired) electrons. The molecule has 6 nitrogen and oxygen atoms in total. The summed E-state index contributed by atoms with van der Waals surface area (Å²) in [5.74, 6) is -0.0398. The van der Waals surface area contributed by atoms with Crippen LogP contribution in [0.25, 0.3) is 0 Å². The van der Waals surface area contributed by atoms with Crippen LogP contribution in [0.15, 0.2) is 47.4 Å². The lowest BCUT2D eigenvalue weighted by molar-refractivity contribution is -0.140. The van der Waals surface area contributed by atoms with Gasteiger partial charge in [0.2, 0.25) is 15.5 Å². The van der Waals surface area contributed by atoms with E-state index in [-0.39, 0.29) is 24.1 Å². The number of rotatable bonds is 12. The van der Waals surface area contributed by atoms with E-state index in [1.165, 1.54) is 0 Å². The number of ether oxygens (including phenoxy) is 1. The van der Waals surface area contributed by atoms with Crippen LogP contribution in [-0.4, -0.2) is 37.2 Å². The number of hydrogen-bond donors (Lipinski definition) is 2. The van der Waals surface area contributed by atoms with Crippen molar-refractivity contribution < 1.29 is 23.1 Å². The largest absolute Gasteiger partial charge is 0.478 e. The van der Waals surface area contributed by atoms with Crippen LogP contribution in [0.1, 0.15) is 76.0 Å². The van der Waals surface area contributed by atoms with Gasteiger partial charge in [-0.2, -0.15) is 0 Å². The Labute approximate surface area is 202 Å². The first-order valence-electron chi connectivity index (χ1n) is 11.2. The van der Waals surface area contributed by atoms with Gasteiger partial charge in [0.1, 0.15) is 5.75 Å². The van der Waals surface area contributed by atoms with Gasteiger partial charge in [-0.3, -0.25) is 0 Å². The summed E-state index contributed by atoms with van der Waals surface area (Å²) < 4.78 is 34.9. The van der Waals surface area contributed by atoms with Crippen molar-refractivity contribution in [2.75, 3.05) is 12.3 Å². The van der Waals surface area contributed by atoms with Gasteiger partial charge in [-0.15, -0.1) is 11.8 Å². The highest BCUT2D eigenvalue weighted by atomic mass is 32.2. The Kier molecular flexibility index (Phi) is 9.82. The van der Waals surface area contributed by atoms with Gasteiger partial charge in [0.25, 0.3) is 0 Å². The van der Waals surface area contributed by atoms with E-state index in [0.29, 0.717) is 16.6 Å². The van der Waals surface area contributed by atoms with Gasteiger partial charge in [-0.1, -0.05) is 71.9 Å². The second-order valence-electron chi connectivity index (χ2n) is 8.86. The number of sulfonamides is 1. The van der Waals surface area contributed by atoms with Gasteiger partial charge < -0.3 is 9.84 Å². The lowest BCUT2D eigenvalue weighted by atomic mass is 9.89. The minimum Gasteiger partial charge on any atom is -0.478 e. The van der Waals surface area contributed by atoms with Gasteiger partial charge in [0, 0.05) is 12.3 Å². The van der Waals surface area contributed by atoms with Crippen molar-refractivity contribution in [1.29, 1.82) is 0 Å². The number of nitrogens with one attached hydrogen (secondary N) is 1. The summed E-state index contributed by atoms with van der Waals surface area (Å²) in [4.78, 5) is 11.9. The van der Waals surface area contributed by atoms with Crippen LogP contribution in [0, 0.1) is 0 Å². The molecule has 0 amide bonds. The van der Waals surface area contributed by atoms with Gasteiger partial charge in [-0.25, -0.2) is 17.9 Å². The van der Waals surface area contributed by atoms with Crippen molar-refractivity contribution >= 4 is 27.8 Å². The fourth-order valence-corrected chi connectivity index (χ4v) is 6.00. The molecule has 33 heavy (non-hydrogen) atoms. The zero-order chi connectivity index (χ0) is 24.8. The van der Waals surface area contributed by atoms with E-state index in [1.54, 1.807) is 24.3 Å². The Balaban J connectivity index is 2.19. The fourth-order valence-electron chi connectivity index (χ4n) is 3.39. The van der Waals surface area contributed by atoms with Crippen LogP contribution < -0.4 is 9.46 Å². The van der Waals surface area contributed by atoms with Crippen molar-refractivity contribution in [2.24, 2.45) is 0 Å². The smallest absolute Gasteiger partial charge is 0.355 e. The molecule has 2 rings (SSSR count). The maximum atomic E-state index is 13.4. The first-order valence-corrected chi connectivity index (χ1v) is 13.7. The average molecular weight is 494 g/mol. The molecule has 0 aliphatic heterocycles. The predicted octanol–water partition coefficient (Wildman–Crippen LogP) is 5.56. The Bertz CT molecular complexity index is 1010. The third-order valence-corrected chi connectivity index (χ3v) is 7.83. The summed E-state index contributed by atoms with van der Waals surface area (Å²) in [6.45, 7) is 12.3. The minimum atomic E-state index is -3.78. The molecular formula is C25H35NO5S2. The number of hydrogen-bond acceptors (Lipinski definition) is 5. The first-order chi connectivity index (χ1) is 15.4. The zero-order valence-corrected chi connectivity index (χ0v) is 21.8. The lowest BCUT2D eigenvalue weighted by Gasteiger charge is -2.23. The Morgan fingerprint density at radius 3 is 1.97 bits per heavy atom. The van der Waals surface area contributed by atoms with Crippen LogP contribution in [0.4, 0.5) is 0 Å². The molecule has 2 aromatic rings. The highest BCUT2D eigenvalue weighted by Crippen LogP contribution is 2.35. The number of benzene rings is 2. The first kappa shape index (κ1) is 27.2. The van der Waals surface area contributed by atoms with Crippen LogP contribution in [0.3, 0.4) is 0 Å². The summed E-state index contributed by atoms with van der Waals surface area (Å²) in [7, 11) is -3.78. The number of carbonyl (C=O) groups is 1. The van der Waals surface area contributed by atoms with Gasteiger partial charge >= 0.3 is 5.97 Å². The number of carboxylic acid groups (broad SMARTS) is 1. The highest BCUT2D eigenvalue weighted by molar-refractivity contribution is 8.00. The van der Waals surface area contributed by atoms with Crippen molar-refractivity contribution in [2.45, 2.75) is 69.6 Å². The Hall–Kier alpha value is -2.03. The van der Waals surface area contributed by atoms with Gasteiger partial charge in [-0.05, 0) is 46.6 Å². The van der Waals surface area contributed by atoms with E-state index >= 15 is 0 Å². The molecule has 0 spiro atoms. The van der Waals surface area contributed by atoms with Gasteiger partial charge in [0.15, 0.2) is 0 Å². The molecule has 0 aliphatic carbocycles. The molecule has 1 unspecified atom stereocenters. The minimum absolute atomic E-state index is 0.0396. The van der Waals surface area contributed by atoms with E-state index in [2.05, 4.69) is 18.6 Å². The molecule has 0 saturated heterocycles. The maximum Gasteiger partial charge on any atom is 0.355 e. The predicted molar refractivity (Wildman–Crippen MR) is 135 cm³/mol. The molecule has 0 aromatic heterocycles. The van der Waals surface area contributed by atoms with Gasteiger partial charge in [0.05, 0.1) is 4.90 Å². The molecule has 0 saturated carbocycles. The molecule has 0 heterocycles. The molecule has 1 atom stereocenters. The van der Waals surface area contributed by atoms with Crippen molar-refractivity contribution in [3.05, 3.63) is 59.2 Å². The summed E-state index contributed by atoms with van der Waals surface area (Å²) in [5, 5.41) is 9.45. The summed E-state index contributed by atoms with van der Waals surface area (Å²) in [6, 6.07) is 12.7. The summed E-state index contributed by atoms with van der Waals surface area (Å²) >= 11 is 1.04. The van der Waals surface area contributed by atoms with Crippen LogP contribution in [-0.2, 0) is 14.8 Å². The van der Waals surface area contributed by atoms with Crippen molar-refractivity contribution in [1.82, 2.24) is 4.72 Å². The topological polar surface area (TPSA) is 92.7 Å². The van der Waals surface area contributed by atoms with Crippen molar-refractivity contribution in [3.8, 4) is 5.75 Å². The van der Waals surface area contributed by atoms with Crippen LogP contribution in [0.2, 0.25) is 0 Å². The van der Waals surface area contributed by atoms with Crippen LogP contribution in [0.5, 0.6) is 5.75 Å². The molecule has 0 bridgehead atoms. The maximum absolute atomic E-state index is 13.4. The number of thioether (sulfide) groups is 1. The Morgan fingerprint density at radius 1 is 0.970 bits per heavy atom. The Morgan fingerprint density at radius 2 is 1.52 bits per heavy atom. The molecular weight excluding hydrogens is 458 g/mol. The quantitative estimate of drug-likeness (QED) is 0.297. The van der Waals surface area contributed by atoms with Crippen LogP contribution >= 0.6 is 11.8 Å². The van der Waals surface area contributed by atoms with E-state index < -0.39 is 21.4 Å². The van der Waals surface area contributed by atoms with E-state index in [9.17, 15) is 18.3 Å². The SMILES string of the molecule is CC(C)c1cc(C(C)C)c(S(=O)(=O)NCCSC(Oc2ccccc2)C(=O)O)c(C(C)C)c1. The summed E-state index contributed by atoms with van der Waals surface area (Å²) in [6.07, 6.45) is 0. The van der Waals surface area contributed by atoms with E-state index in [1.807, 2.05) is 45.9 Å². The second-order valence-corrected chi connectivity index (χ2v) is 11.7. The number of carboxylic acids is 1. The normalized spacial score (nSPS) is 13.0. The summed E-state index contributed by atoms with van der Waals surface area (Å²) in [5.41, 5.74) is 1.61. The molecule has 0 fully saturated rings. The van der Waals surface area contributed by atoms with E-state index in [4.69, 9.17) is 4.74 Å². The van der Waals surface area contributed by atoms with E-state index in [0.717, 1.165) is 28.5 Å².